The third-order valence-corrected chi connectivity index (χ3v) is 5.68. The van der Waals surface area contributed by atoms with Crippen LogP contribution in [0.5, 0.6) is 5.75 Å². The minimum Gasteiger partial charge on any atom is -0.497 e. The van der Waals surface area contributed by atoms with Gasteiger partial charge in [-0.05, 0) is 36.4 Å². The molecule has 3 heterocycles. The van der Waals surface area contributed by atoms with Gasteiger partial charge in [-0.2, -0.15) is 5.10 Å². The van der Waals surface area contributed by atoms with Crippen LogP contribution in [-0.4, -0.2) is 45.3 Å². The lowest BCUT2D eigenvalue weighted by atomic mass is 10.1. The summed E-state index contributed by atoms with van der Waals surface area (Å²) in [5.41, 5.74) is 1.03. The third kappa shape index (κ3) is 3.68. The van der Waals surface area contributed by atoms with Crippen molar-refractivity contribution in [2.75, 3.05) is 14.2 Å². The van der Waals surface area contributed by atoms with Crippen LogP contribution >= 0.6 is 0 Å². The number of aromatic nitrogens is 4. The van der Waals surface area contributed by atoms with Crippen molar-refractivity contribution in [3.05, 3.63) is 83.8 Å². The van der Waals surface area contributed by atoms with Gasteiger partial charge in [-0.15, -0.1) is 0 Å². The first-order chi connectivity index (χ1) is 16.9. The summed E-state index contributed by atoms with van der Waals surface area (Å²) in [6.45, 7) is 0. The number of methoxy groups -OCH3 is 2. The second-order valence-electron chi connectivity index (χ2n) is 7.62. The van der Waals surface area contributed by atoms with E-state index in [2.05, 4.69) is 10.1 Å². The van der Waals surface area contributed by atoms with E-state index in [0.29, 0.717) is 22.2 Å². The number of fused-ring (bicyclic) bond motifs is 2. The molecule has 176 valence electrons. The van der Waals surface area contributed by atoms with Gasteiger partial charge in [0.1, 0.15) is 17.0 Å². The van der Waals surface area contributed by atoms with Crippen LogP contribution in [0.25, 0.3) is 27.8 Å². The first kappa shape index (κ1) is 22.2. The Kier molecular flexibility index (Phi) is 5.48. The molecule has 3 aromatic heterocycles. The van der Waals surface area contributed by atoms with Crippen LogP contribution in [0.2, 0.25) is 0 Å². The Hall–Kier alpha value is -4.60. The van der Waals surface area contributed by atoms with Crippen LogP contribution in [0.15, 0.2) is 67.0 Å². The Labute approximate surface area is 197 Å². The molecule has 0 radical (unpaired) electrons. The zero-order valence-electron chi connectivity index (χ0n) is 18.6. The molecular weight excluding hydrogens is 458 g/mol. The normalized spacial score (nSPS) is 11.3. The van der Waals surface area contributed by atoms with Gasteiger partial charge >= 0.3 is 5.97 Å². The molecule has 0 unspecified atom stereocenters. The van der Waals surface area contributed by atoms with E-state index in [1.165, 1.54) is 37.2 Å². The third-order valence-electron chi connectivity index (χ3n) is 5.68. The van der Waals surface area contributed by atoms with Crippen molar-refractivity contribution in [2.24, 2.45) is 0 Å². The summed E-state index contributed by atoms with van der Waals surface area (Å²) in [7, 11) is 2.77. The van der Waals surface area contributed by atoms with Gasteiger partial charge in [0.2, 0.25) is 0 Å². The fraction of sp³-hybridized carbons (Fsp3) is 0.120. The first-order valence-electron chi connectivity index (χ1n) is 10.5. The molecule has 0 saturated carbocycles. The van der Waals surface area contributed by atoms with Gasteiger partial charge in [0, 0.05) is 17.1 Å². The van der Waals surface area contributed by atoms with E-state index in [0.717, 1.165) is 4.52 Å². The number of rotatable bonds is 5. The number of hydrogen-bond donors (Lipinski definition) is 0. The predicted octanol–water partition coefficient (Wildman–Crippen LogP) is 4.77. The molecule has 5 aromatic rings. The molecule has 35 heavy (non-hydrogen) atoms. The summed E-state index contributed by atoms with van der Waals surface area (Å²) >= 11 is 0. The van der Waals surface area contributed by atoms with Gasteiger partial charge in [0.15, 0.2) is 5.65 Å². The Morgan fingerprint density at radius 1 is 1.00 bits per heavy atom. The van der Waals surface area contributed by atoms with Crippen LogP contribution in [-0.2, 0) is 4.74 Å². The molecule has 0 spiro atoms. The summed E-state index contributed by atoms with van der Waals surface area (Å²) in [6.07, 6.45) is -0.302. The van der Waals surface area contributed by atoms with E-state index in [1.807, 2.05) is 0 Å². The van der Waals surface area contributed by atoms with Gasteiger partial charge in [0.25, 0.3) is 12.3 Å². The predicted molar refractivity (Wildman–Crippen MR) is 123 cm³/mol. The zero-order chi connectivity index (χ0) is 24.7. The maximum Gasteiger partial charge on any atom is 0.340 e. The lowest BCUT2D eigenvalue weighted by Crippen LogP contribution is -2.12. The van der Waals surface area contributed by atoms with Crippen LogP contribution in [0.4, 0.5) is 8.78 Å². The average molecular weight is 476 g/mol. The minimum atomic E-state index is -2.86. The van der Waals surface area contributed by atoms with Crippen molar-refractivity contribution in [1.29, 1.82) is 0 Å². The monoisotopic (exact) mass is 476 g/mol. The maximum absolute atomic E-state index is 13.9. The number of carbonyl (C=O) groups is 2. The SMILES string of the molecule is COC(=O)c1cn(C(=O)c2cnn3c(C(F)F)cc(-c4ccc(OC)cc4)nc23)c2ccccc12. The summed E-state index contributed by atoms with van der Waals surface area (Å²) in [5.74, 6) is -0.580. The van der Waals surface area contributed by atoms with Crippen molar-refractivity contribution in [2.45, 2.75) is 6.43 Å². The highest BCUT2D eigenvalue weighted by Crippen LogP contribution is 2.29. The number of benzene rings is 2. The van der Waals surface area contributed by atoms with E-state index in [-0.39, 0.29) is 22.5 Å². The highest BCUT2D eigenvalue weighted by Gasteiger charge is 2.25. The first-order valence-corrected chi connectivity index (χ1v) is 10.5. The van der Waals surface area contributed by atoms with Crippen molar-refractivity contribution >= 4 is 28.4 Å². The number of ether oxygens (including phenoxy) is 2. The van der Waals surface area contributed by atoms with Crippen molar-refractivity contribution in [3.63, 3.8) is 0 Å². The van der Waals surface area contributed by atoms with E-state index >= 15 is 0 Å². The van der Waals surface area contributed by atoms with Gasteiger partial charge < -0.3 is 9.47 Å². The Morgan fingerprint density at radius 3 is 2.43 bits per heavy atom. The van der Waals surface area contributed by atoms with Crippen LogP contribution in [0.3, 0.4) is 0 Å². The molecule has 0 N–H and O–H groups in total. The highest BCUT2D eigenvalue weighted by atomic mass is 19.3. The van der Waals surface area contributed by atoms with E-state index < -0.39 is 24.0 Å². The molecule has 0 aliphatic carbocycles. The number of esters is 1. The summed E-state index contributed by atoms with van der Waals surface area (Å²) < 4.78 is 40.1. The average Bonchev–Trinajstić information content (AvgIpc) is 3.49. The number of nitrogens with zero attached hydrogens (tertiary/aromatic N) is 4. The molecular formula is C25H18F2N4O4. The van der Waals surface area contributed by atoms with Crippen LogP contribution < -0.4 is 4.74 Å². The molecule has 2 aromatic carbocycles. The lowest BCUT2D eigenvalue weighted by molar-refractivity contribution is 0.0603. The quantitative estimate of drug-likeness (QED) is 0.340. The van der Waals surface area contributed by atoms with E-state index in [9.17, 15) is 18.4 Å². The topological polar surface area (TPSA) is 87.7 Å². The fourth-order valence-electron chi connectivity index (χ4n) is 3.95. The number of alkyl halides is 2. The second kappa shape index (κ2) is 8.64. The standard InChI is InChI=1S/C25H18F2N4O4/c1-34-15-9-7-14(8-10-15)19-11-21(22(26)27)31-23(29-19)17(12-28-31)24(32)30-13-18(25(33)35-2)16-5-3-4-6-20(16)30/h3-13,22H,1-2H3. The number of hydrogen-bond acceptors (Lipinski definition) is 6. The minimum absolute atomic E-state index is 0.000527. The molecule has 0 aliphatic heterocycles. The highest BCUT2D eigenvalue weighted by molar-refractivity contribution is 6.11. The van der Waals surface area contributed by atoms with Crippen LogP contribution in [0, 0.1) is 0 Å². The van der Waals surface area contributed by atoms with Gasteiger partial charge in [-0.1, -0.05) is 18.2 Å². The molecule has 10 heteroatoms. The Morgan fingerprint density at radius 2 is 1.74 bits per heavy atom. The van der Waals surface area contributed by atoms with Crippen molar-refractivity contribution < 1.29 is 27.8 Å². The smallest absolute Gasteiger partial charge is 0.340 e. The van der Waals surface area contributed by atoms with Crippen molar-refractivity contribution in [1.82, 2.24) is 19.2 Å². The van der Waals surface area contributed by atoms with E-state index in [4.69, 9.17) is 9.47 Å². The summed E-state index contributed by atoms with van der Waals surface area (Å²) in [6, 6.07) is 14.8. The Bertz CT molecular complexity index is 1590. The van der Waals surface area contributed by atoms with Gasteiger partial charge in [-0.3, -0.25) is 9.36 Å². The second-order valence-corrected chi connectivity index (χ2v) is 7.62. The molecule has 0 atom stereocenters. The molecule has 0 aliphatic rings. The lowest BCUT2D eigenvalue weighted by Gasteiger charge is -2.09. The number of carbonyl (C=O) groups excluding carboxylic acids is 2. The summed E-state index contributed by atoms with van der Waals surface area (Å²) in [5, 5.41) is 4.53. The van der Waals surface area contributed by atoms with Gasteiger partial charge in [-0.25, -0.2) is 23.1 Å². The fourth-order valence-corrected chi connectivity index (χ4v) is 3.95. The summed E-state index contributed by atoms with van der Waals surface area (Å²) in [4.78, 5) is 30.3. The molecule has 0 amide bonds. The van der Waals surface area contributed by atoms with Crippen LogP contribution in [0.1, 0.15) is 32.8 Å². The Balaban J connectivity index is 1.69. The molecule has 0 bridgehead atoms. The number of halogens is 2. The molecule has 0 saturated heterocycles. The van der Waals surface area contributed by atoms with Crippen molar-refractivity contribution in [3.8, 4) is 17.0 Å². The maximum atomic E-state index is 13.9. The zero-order valence-corrected chi connectivity index (χ0v) is 18.6. The number of para-hydroxylation sites is 1. The molecule has 0 fully saturated rings. The largest absolute Gasteiger partial charge is 0.497 e. The van der Waals surface area contributed by atoms with Gasteiger partial charge in [0.05, 0.1) is 37.2 Å². The molecule has 8 nitrogen and oxygen atoms in total. The molecule has 5 rings (SSSR count). The van der Waals surface area contributed by atoms with E-state index in [1.54, 1.807) is 48.5 Å².